The van der Waals surface area contributed by atoms with Gasteiger partial charge in [-0.05, 0) is 32.9 Å². The summed E-state index contributed by atoms with van der Waals surface area (Å²) in [5, 5.41) is 8.91. The maximum atomic E-state index is 10.8. The molecule has 0 fully saturated rings. The second-order valence-corrected chi connectivity index (χ2v) is 4.53. The Morgan fingerprint density at radius 3 is 2.38 bits per heavy atom. The molecule has 0 spiro atoms. The van der Waals surface area contributed by atoms with Crippen LogP contribution in [0.5, 0.6) is 0 Å². The predicted molar refractivity (Wildman–Crippen MR) is 64.1 cm³/mol. The fourth-order valence-corrected chi connectivity index (χ4v) is 1.08. The standard InChI is InChI=1S/C14H16O2/c1-11-6-8-12(9-7-11)5-4-10-14(2,3)13(15)16/h6-9H,10H2,1-3H3,(H,15,16). The molecule has 0 saturated carbocycles. The lowest BCUT2D eigenvalue weighted by atomic mass is 9.90. The number of aryl methyl sites for hydroxylation is 1. The second kappa shape index (κ2) is 4.85. The number of benzene rings is 1. The van der Waals surface area contributed by atoms with E-state index in [0.717, 1.165) is 5.56 Å². The molecule has 0 atom stereocenters. The van der Waals surface area contributed by atoms with Crippen molar-refractivity contribution in [2.24, 2.45) is 5.41 Å². The molecule has 0 saturated heterocycles. The van der Waals surface area contributed by atoms with Crippen LogP contribution in [0.2, 0.25) is 0 Å². The Morgan fingerprint density at radius 1 is 1.31 bits per heavy atom. The van der Waals surface area contributed by atoms with Gasteiger partial charge < -0.3 is 5.11 Å². The van der Waals surface area contributed by atoms with Crippen molar-refractivity contribution in [1.29, 1.82) is 0 Å². The summed E-state index contributed by atoms with van der Waals surface area (Å²) in [4.78, 5) is 10.8. The van der Waals surface area contributed by atoms with Gasteiger partial charge >= 0.3 is 5.97 Å². The minimum atomic E-state index is -0.814. The van der Waals surface area contributed by atoms with Gasteiger partial charge in [0.15, 0.2) is 0 Å². The number of carboxylic acid groups (broad SMARTS) is 1. The number of hydrogen-bond acceptors (Lipinski definition) is 1. The number of hydrogen-bond donors (Lipinski definition) is 1. The van der Waals surface area contributed by atoms with Gasteiger partial charge in [-0.3, -0.25) is 4.79 Å². The summed E-state index contributed by atoms with van der Waals surface area (Å²) < 4.78 is 0. The van der Waals surface area contributed by atoms with E-state index >= 15 is 0 Å². The van der Waals surface area contributed by atoms with Gasteiger partial charge in [0.25, 0.3) is 0 Å². The first-order valence-electron chi connectivity index (χ1n) is 5.21. The summed E-state index contributed by atoms with van der Waals surface area (Å²) in [5.74, 6) is 5.07. The molecule has 1 aromatic rings. The van der Waals surface area contributed by atoms with Gasteiger partial charge in [-0.2, -0.15) is 0 Å². The first kappa shape index (κ1) is 12.3. The topological polar surface area (TPSA) is 37.3 Å². The van der Waals surface area contributed by atoms with E-state index in [4.69, 9.17) is 5.11 Å². The van der Waals surface area contributed by atoms with Gasteiger partial charge in [0.05, 0.1) is 5.41 Å². The lowest BCUT2D eigenvalue weighted by Gasteiger charge is -2.14. The lowest BCUT2D eigenvalue weighted by Crippen LogP contribution is -2.22. The van der Waals surface area contributed by atoms with Crippen LogP contribution in [-0.2, 0) is 4.79 Å². The van der Waals surface area contributed by atoms with Crippen molar-refractivity contribution in [2.75, 3.05) is 0 Å². The first-order chi connectivity index (χ1) is 7.42. The number of carboxylic acids is 1. The molecule has 0 aliphatic heterocycles. The Balaban J connectivity index is 2.69. The fraction of sp³-hybridized carbons (Fsp3) is 0.357. The zero-order valence-electron chi connectivity index (χ0n) is 9.87. The molecule has 1 aromatic carbocycles. The highest BCUT2D eigenvalue weighted by Gasteiger charge is 2.25. The number of rotatable bonds is 2. The van der Waals surface area contributed by atoms with E-state index in [1.807, 2.05) is 31.2 Å². The van der Waals surface area contributed by atoms with Gasteiger partial charge in [-0.25, -0.2) is 0 Å². The third-order valence-corrected chi connectivity index (χ3v) is 2.39. The summed E-state index contributed by atoms with van der Waals surface area (Å²) >= 11 is 0. The zero-order chi connectivity index (χ0) is 12.2. The minimum Gasteiger partial charge on any atom is -0.481 e. The SMILES string of the molecule is Cc1ccc(C#CCC(C)(C)C(=O)O)cc1. The molecule has 84 valence electrons. The van der Waals surface area contributed by atoms with Gasteiger partial charge in [0, 0.05) is 12.0 Å². The summed E-state index contributed by atoms with van der Waals surface area (Å²) in [7, 11) is 0. The second-order valence-electron chi connectivity index (χ2n) is 4.53. The summed E-state index contributed by atoms with van der Waals surface area (Å²) in [6, 6.07) is 7.87. The van der Waals surface area contributed by atoms with Crippen molar-refractivity contribution < 1.29 is 9.90 Å². The van der Waals surface area contributed by atoms with Crippen molar-refractivity contribution in [1.82, 2.24) is 0 Å². The smallest absolute Gasteiger partial charge is 0.310 e. The summed E-state index contributed by atoms with van der Waals surface area (Å²) in [6.45, 7) is 5.38. The Morgan fingerprint density at radius 2 is 1.88 bits per heavy atom. The van der Waals surface area contributed by atoms with E-state index in [2.05, 4.69) is 11.8 Å². The fourth-order valence-electron chi connectivity index (χ4n) is 1.08. The third-order valence-electron chi connectivity index (χ3n) is 2.39. The van der Waals surface area contributed by atoms with Gasteiger partial charge in [-0.1, -0.05) is 29.5 Å². The van der Waals surface area contributed by atoms with Crippen molar-refractivity contribution in [3.63, 3.8) is 0 Å². The molecule has 0 heterocycles. The average molecular weight is 216 g/mol. The molecule has 1 N–H and O–H groups in total. The maximum Gasteiger partial charge on any atom is 0.310 e. The molecule has 0 radical (unpaired) electrons. The molecule has 0 amide bonds. The van der Waals surface area contributed by atoms with Crippen molar-refractivity contribution in [3.8, 4) is 11.8 Å². The average Bonchev–Trinajstić information content (AvgIpc) is 2.20. The van der Waals surface area contributed by atoms with Crippen LogP contribution < -0.4 is 0 Å². The molecular formula is C14H16O2. The molecule has 0 aliphatic carbocycles. The molecule has 1 rings (SSSR count). The highest BCUT2D eigenvalue weighted by molar-refractivity contribution is 5.74. The molecule has 0 bridgehead atoms. The van der Waals surface area contributed by atoms with Crippen LogP contribution in [-0.4, -0.2) is 11.1 Å². The molecule has 0 aliphatic rings. The van der Waals surface area contributed by atoms with Crippen LogP contribution in [0.4, 0.5) is 0 Å². The Labute approximate surface area is 96.3 Å². The molecule has 0 aromatic heterocycles. The Bertz CT molecular complexity index is 430. The van der Waals surface area contributed by atoms with E-state index in [1.54, 1.807) is 13.8 Å². The monoisotopic (exact) mass is 216 g/mol. The summed E-state index contributed by atoms with van der Waals surface area (Å²) in [5.41, 5.74) is 1.33. The van der Waals surface area contributed by atoms with Crippen LogP contribution in [0, 0.1) is 24.2 Å². The van der Waals surface area contributed by atoms with Gasteiger partial charge in [0.2, 0.25) is 0 Å². The van der Waals surface area contributed by atoms with Crippen molar-refractivity contribution in [3.05, 3.63) is 35.4 Å². The summed E-state index contributed by atoms with van der Waals surface area (Å²) in [6.07, 6.45) is 0.357. The Kier molecular flexibility index (Phi) is 3.73. The van der Waals surface area contributed by atoms with Gasteiger partial charge in [-0.15, -0.1) is 0 Å². The molecular weight excluding hydrogens is 200 g/mol. The predicted octanol–water partition coefficient (Wildman–Crippen LogP) is 2.85. The van der Waals surface area contributed by atoms with E-state index in [1.165, 1.54) is 5.56 Å². The largest absolute Gasteiger partial charge is 0.481 e. The molecule has 0 unspecified atom stereocenters. The van der Waals surface area contributed by atoms with E-state index in [9.17, 15) is 4.79 Å². The minimum absolute atomic E-state index is 0.357. The Hall–Kier alpha value is -1.75. The van der Waals surface area contributed by atoms with E-state index < -0.39 is 11.4 Å². The van der Waals surface area contributed by atoms with Gasteiger partial charge in [0.1, 0.15) is 0 Å². The molecule has 2 heteroatoms. The first-order valence-corrected chi connectivity index (χ1v) is 5.21. The van der Waals surface area contributed by atoms with Crippen LogP contribution in [0.25, 0.3) is 0 Å². The lowest BCUT2D eigenvalue weighted by molar-refractivity contribution is -0.146. The maximum absolute atomic E-state index is 10.8. The van der Waals surface area contributed by atoms with Crippen LogP contribution in [0.1, 0.15) is 31.4 Å². The van der Waals surface area contributed by atoms with Crippen LogP contribution >= 0.6 is 0 Å². The molecule has 2 nitrogen and oxygen atoms in total. The number of carbonyl (C=O) groups is 1. The van der Waals surface area contributed by atoms with E-state index in [0.29, 0.717) is 6.42 Å². The quantitative estimate of drug-likeness (QED) is 0.772. The highest BCUT2D eigenvalue weighted by Crippen LogP contribution is 2.19. The normalized spacial score (nSPS) is 10.4. The van der Waals surface area contributed by atoms with Crippen LogP contribution in [0.15, 0.2) is 24.3 Å². The van der Waals surface area contributed by atoms with E-state index in [-0.39, 0.29) is 0 Å². The zero-order valence-corrected chi connectivity index (χ0v) is 9.87. The molecule has 16 heavy (non-hydrogen) atoms. The highest BCUT2D eigenvalue weighted by atomic mass is 16.4. The van der Waals surface area contributed by atoms with Crippen LogP contribution in [0.3, 0.4) is 0 Å². The van der Waals surface area contributed by atoms with Crippen molar-refractivity contribution >= 4 is 5.97 Å². The third kappa shape index (κ3) is 3.43. The number of aliphatic carboxylic acids is 1. The van der Waals surface area contributed by atoms with Crippen molar-refractivity contribution in [2.45, 2.75) is 27.2 Å².